The topological polar surface area (TPSA) is 74.2 Å². The minimum atomic E-state index is -0.834. The Bertz CT molecular complexity index is 587. The van der Waals surface area contributed by atoms with Gasteiger partial charge in [-0.15, -0.1) is 0 Å². The molecule has 0 saturated heterocycles. The maximum atomic E-state index is 6.49. The number of fused-ring (bicyclic) bond motifs is 1. The molecule has 3 rings (SSSR count). The minimum Gasteiger partial charge on any atom is -0.471 e. The predicted octanol–water partition coefficient (Wildman–Crippen LogP) is 1.72. The van der Waals surface area contributed by atoms with E-state index >= 15 is 0 Å². The molecule has 0 aliphatic carbocycles. The summed E-state index contributed by atoms with van der Waals surface area (Å²) in [4.78, 5) is 4.02. The van der Waals surface area contributed by atoms with Crippen LogP contribution in [0, 0.1) is 0 Å². The Morgan fingerprint density at radius 3 is 2.67 bits per heavy atom. The second kappa shape index (κ2) is 4.05. The van der Waals surface area contributed by atoms with Crippen molar-refractivity contribution in [3.8, 4) is 5.75 Å². The largest absolute Gasteiger partial charge is 0.471 e. The third-order valence-electron chi connectivity index (χ3n) is 3.25. The van der Waals surface area contributed by atoms with Gasteiger partial charge in [-0.3, -0.25) is 10.7 Å². The van der Waals surface area contributed by atoms with Gasteiger partial charge in [-0.25, -0.2) is 0 Å². The number of rotatable bonds is 1. The maximum Gasteiger partial charge on any atom is 0.174 e. The van der Waals surface area contributed by atoms with Crippen molar-refractivity contribution in [2.75, 3.05) is 0 Å². The van der Waals surface area contributed by atoms with Crippen LogP contribution in [0.1, 0.15) is 11.1 Å². The lowest BCUT2D eigenvalue weighted by atomic mass is 9.84. The van der Waals surface area contributed by atoms with Gasteiger partial charge in [0.05, 0.1) is 6.20 Å². The number of hydrogen-bond donors (Lipinski definition) is 2. The van der Waals surface area contributed by atoms with E-state index < -0.39 is 11.8 Å². The van der Waals surface area contributed by atoms with E-state index in [0.717, 1.165) is 15.6 Å². The lowest BCUT2D eigenvalue weighted by molar-refractivity contribution is 0.177. The van der Waals surface area contributed by atoms with Crippen molar-refractivity contribution in [2.45, 2.75) is 11.8 Å². The molecule has 92 valence electrons. The summed E-state index contributed by atoms with van der Waals surface area (Å²) >= 11 is 3.41. The van der Waals surface area contributed by atoms with Crippen LogP contribution in [-0.4, -0.2) is 11.2 Å². The van der Waals surface area contributed by atoms with Crippen molar-refractivity contribution in [3.63, 3.8) is 0 Å². The van der Waals surface area contributed by atoms with E-state index in [1.54, 1.807) is 12.4 Å². The van der Waals surface area contributed by atoms with E-state index in [0.29, 0.717) is 5.75 Å². The molecule has 18 heavy (non-hydrogen) atoms. The number of hydrogen-bond acceptors (Lipinski definition) is 4. The molecular formula is C13H12BrN3O. The minimum absolute atomic E-state index is 0.613. The normalized spacial score (nSPS) is 25.6. The standard InChI is InChI=1S/C13H12BrN3O/c14-9-3-1-8(2-4-9)13(16)10-5-6-17-7-11(10)18-12(13)15/h1-7,12H,15-16H2. The van der Waals surface area contributed by atoms with Gasteiger partial charge in [-0.05, 0) is 23.8 Å². The SMILES string of the molecule is NC1Oc2cnccc2C1(N)c1ccc(Br)cc1. The summed E-state index contributed by atoms with van der Waals surface area (Å²) in [6, 6.07) is 9.63. The fraction of sp³-hybridized carbons (Fsp3) is 0.154. The van der Waals surface area contributed by atoms with Gasteiger partial charge in [0, 0.05) is 16.2 Å². The highest BCUT2D eigenvalue weighted by Crippen LogP contribution is 2.41. The Hall–Kier alpha value is -1.43. The molecule has 0 bridgehead atoms. The molecule has 0 fully saturated rings. The van der Waals surface area contributed by atoms with Crippen molar-refractivity contribution in [2.24, 2.45) is 11.5 Å². The van der Waals surface area contributed by atoms with Crippen LogP contribution >= 0.6 is 15.9 Å². The molecule has 4 nitrogen and oxygen atoms in total. The number of nitrogens with two attached hydrogens (primary N) is 2. The summed E-state index contributed by atoms with van der Waals surface area (Å²) in [5, 5.41) is 0. The molecule has 1 aliphatic heterocycles. The molecule has 2 heterocycles. The Labute approximate surface area is 113 Å². The summed E-state index contributed by atoms with van der Waals surface area (Å²) in [7, 11) is 0. The average molecular weight is 306 g/mol. The van der Waals surface area contributed by atoms with E-state index in [-0.39, 0.29) is 0 Å². The maximum absolute atomic E-state index is 6.49. The van der Waals surface area contributed by atoms with Crippen molar-refractivity contribution in [1.82, 2.24) is 4.98 Å². The number of nitrogens with zero attached hydrogens (tertiary/aromatic N) is 1. The van der Waals surface area contributed by atoms with Gasteiger partial charge in [0.25, 0.3) is 0 Å². The van der Waals surface area contributed by atoms with Crippen LogP contribution < -0.4 is 16.2 Å². The van der Waals surface area contributed by atoms with Crippen LogP contribution in [-0.2, 0) is 5.54 Å². The van der Waals surface area contributed by atoms with Crippen LogP contribution in [0.25, 0.3) is 0 Å². The Morgan fingerprint density at radius 1 is 1.22 bits per heavy atom. The first kappa shape index (κ1) is 11.6. The Kier molecular flexibility index (Phi) is 2.62. The highest BCUT2D eigenvalue weighted by Gasteiger charge is 2.45. The van der Waals surface area contributed by atoms with E-state index in [1.165, 1.54) is 0 Å². The molecule has 1 aromatic carbocycles. The third-order valence-corrected chi connectivity index (χ3v) is 3.78. The summed E-state index contributed by atoms with van der Waals surface area (Å²) in [6.07, 6.45) is 2.72. The van der Waals surface area contributed by atoms with Crippen molar-refractivity contribution in [3.05, 3.63) is 58.3 Å². The molecule has 4 N–H and O–H groups in total. The summed E-state index contributed by atoms with van der Waals surface area (Å²) in [5.74, 6) is 0.649. The fourth-order valence-corrected chi connectivity index (χ4v) is 2.51. The predicted molar refractivity (Wildman–Crippen MR) is 71.9 cm³/mol. The second-order valence-electron chi connectivity index (χ2n) is 4.29. The molecule has 0 spiro atoms. The fourth-order valence-electron chi connectivity index (χ4n) is 2.24. The van der Waals surface area contributed by atoms with Crippen molar-refractivity contribution in [1.29, 1.82) is 0 Å². The molecule has 1 aromatic heterocycles. The molecule has 0 saturated carbocycles. The van der Waals surface area contributed by atoms with E-state index in [1.807, 2.05) is 30.3 Å². The first-order valence-electron chi connectivity index (χ1n) is 5.54. The molecule has 2 unspecified atom stereocenters. The Morgan fingerprint density at radius 2 is 1.94 bits per heavy atom. The molecule has 5 heteroatoms. The lowest BCUT2D eigenvalue weighted by Gasteiger charge is -2.28. The molecule has 0 radical (unpaired) electrons. The summed E-state index contributed by atoms with van der Waals surface area (Å²) in [6.45, 7) is 0. The van der Waals surface area contributed by atoms with Gasteiger partial charge >= 0.3 is 0 Å². The van der Waals surface area contributed by atoms with Gasteiger partial charge in [-0.1, -0.05) is 28.1 Å². The van der Waals surface area contributed by atoms with Gasteiger partial charge in [0.2, 0.25) is 0 Å². The Balaban J connectivity index is 2.17. The van der Waals surface area contributed by atoms with Crippen molar-refractivity contribution < 1.29 is 4.74 Å². The first-order valence-corrected chi connectivity index (χ1v) is 6.33. The average Bonchev–Trinajstić information content (AvgIpc) is 2.64. The molecule has 2 aromatic rings. The zero-order valence-electron chi connectivity index (χ0n) is 9.51. The first-order chi connectivity index (χ1) is 8.62. The van der Waals surface area contributed by atoms with Gasteiger partial charge in [0.1, 0.15) is 11.3 Å². The van der Waals surface area contributed by atoms with Crippen LogP contribution in [0.5, 0.6) is 5.75 Å². The van der Waals surface area contributed by atoms with Crippen LogP contribution in [0.3, 0.4) is 0 Å². The molecule has 1 aliphatic rings. The molecular weight excluding hydrogens is 294 g/mol. The number of ether oxygens (including phenoxy) is 1. The zero-order chi connectivity index (χ0) is 12.8. The second-order valence-corrected chi connectivity index (χ2v) is 5.20. The number of aromatic nitrogens is 1. The zero-order valence-corrected chi connectivity index (χ0v) is 11.1. The van der Waals surface area contributed by atoms with Gasteiger partial charge in [-0.2, -0.15) is 0 Å². The monoisotopic (exact) mass is 305 g/mol. The van der Waals surface area contributed by atoms with Gasteiger partial charge < -0.3 is 10.5 Å². The van der Waals surface area contributed by atoms with Crippen molar-refractivity contribution >= 4 is 15.9 Å². The van der Waals surface area contributed by atoms with E-state index in [4.69, 9.17) is 16.2 Å². The summed E-state index contributed by atoms with van der Waals surface area (Å²) in [5.41, 5.74) is 13.5. The third kappa shape index (κ3) is 1.55. The van der Waals surface area contributed by atoms with E-state index in [2.05, 4.69) is 20.9 Å². The quantitative estimate of drug-likeness (QED) is 0.841. The van der Waals surface area contributed by atoms with Crippen LogP contribution in [0.4, 0.5) is 0 Å². The van der Waals surface area contributed by atoms with Crippen LogP contribution in [0.2, 0.25) is 0 Å². The van der Waals surface area contributed by atoms with Crippen LogP contribution in [0.15, 0.2) is 47.2 Å². The van der Waals surface area contributed by atoms with E-state index in [9.17, 15) is 0 Å². The van der Waals surface area contributed by atoms with Gasteiger partial charge in [0.15, 0.2) is 6.23 Å². The number of benzene rings is 1. The summed E-state index contributed by atoms with van der Waals surface area (Å²) < 4.78 is 6.58. The smallest absolute Gasteiger partial charge is 0.174 e. The highest BCUT2D eigenvalue weighted by molar-refractivity contribution is 9.10. The molecule has 2 atom stereocenters. The lowest BCUT2D eigenvalue weighted by Crippen LogP contribution is -2.52. The molecule has 0 amide bonds. The highest BCUT2D eigenvalue weighted by atomic mass is 79.9. The number of halogens is 1. The number of pyridine rings is 1.